The molecule has 0 radical (unpaired) electrons. The number of fused-ring (bicyclic) bond motifs is 1. The number of carbonyl (C=O) groups excluding carboxylic acids is 1. The number of rotatable bonds is 7. The zero-order valence-corrected chi connectivity index (χ0v) is 19.4. The van der Waals surface area contributed by atoms with Crippen LogP contribution >= 0.6 is 22.9 Å². The number of thiazole rings is 1. The second-order valence-corrected chi connectivity index (χ2v) is 9.26. The molecule has 1 amide bonds. The predicted octanol–water partition coefficient (Wildman–Crippen LogP) is 3.88. The van der Waals surface area contributed by atoms with Crippen molar-refractivity contribution in [2.45, 2.75) is 13.8 Å². The van der Waals surface area contributed by atoms with Gasteiger partial charge >= 0.3 is 0 Å². The Hall–Kier alpha value is -2.35. The van der Waals surface area contributed by atoms with Crippen LogP contribution in [0, 0.1) is 13.8 Å². The van der Waals surface area contributed by atoms with E-state index in [4.69, 9.17) is 21.3 Å². The van der Waals surface area contributed by atoms with E-state index in [9.17, 15) is 4.79 Å². The van der Waals surface area contributed by atoms with Gasteiger partial charge in [0, 0.05) is 44.3 Å². The van der Waals surface area contributed by atoms with Crippen molar-refractivity contribution in [2.24, 2.45) is 0 Å². The largest absolute Gasteiger partial charge is 0.484 e. The molecule has 0 saturated carbocycles. The summed E-state index contributed by atoms with van der Waals surface area (Å²) in [5.74, 6) is 0.518. The minimum atomic E-state index is -0.117. The molecule has 1 aromatic heterocycles. The molecule has 1 saturated heterocycles. The first-order valence-electron chi connectivity index (χ1n) is 10.5. The zero-order chi connectivity index (χ0) is 21.8. The highest BCUT2D eigenvalue weighted by Crippen LogP contribution is 2.32. The lowest BCUT2D eigenvalue weighted by Gasteiger charge is -2.34. The van der Waals surface area contributed by atoms with E-state index in [1.807, 2.05) is 0 Å². The number of anilines is 1. The lowest BCUT2D eigenvalue weighted by molar-refractivity contribution is -0.123. The van der Waals surface area contributed by atoms with Crippen LogP contribution in [0.5, 0.6) is 5.75 Å². The van der Waals surface area contributed by atoms with Gasteiger partial charge in [0.2, 0.25) is 0 Å². The van der Waals surface area contributed by atoms with Crippen molar-refractivity contribution in [3.8, 4) is 5.75 Å². The number of nitrogens with one attached hydrogen (secondary N) is 1. The smallest absolute Gasteiger partial charge is 0.257 e. The third kappa shape index (κ3) is 5.67. The fourth-order valence-corrected chi connectivity index (χ4v) is 4.94. The van der Waals surface area contributed by atoms with Gasteiger partial charge < -0.3 is 15.0 Å². The van der Waals surface area contributed by atoms with Crippen LogP contribution in [0.2, 0.25) is 5.02 Å². The normalized spacial score (nSPS) is 14.7. The second kappa shape index (κ2) is 9.85. The summed E-state index contributed by atoms with van der Waals surface area (Å²) in [6, 6.07) is 11.4. The molecule has 1 N–H and O–H groups in total. The molecule has 8 heteroatoms. The highest BCUT2D eigenvalue weighted by molar-refractivity contribution is 7.22. The molecule has 31 heavy (non-hydrogen) atoms. The Balaban J connectivity index is 1.18. The number of ether oxygens (including phenoxy) is 1. The van der Waals surface area contributed by atoms with Gasteiger partial charge in [-0.25, -0.2) is 4.98 Å². The number of aromatic nitrogens is 1. The molecule has 3 aromatic rings. The summed E-state index contributed by atoms with van der Waals surface area (Å²) in [5, 5.41) is 4.68. The molecule has 0 unspecified atom stereocenters. The Morgan fingerprint density at radius 1 is 1.16 bits per heavy atom. The number of halogens is 1. The molecule has 1 aliphatic rings. The van der Waals surface area contributed by atoms with E-state index >= 15 is 0 Å². The molecule has 0 aliphatic carbocycles. The maximum atomic E-state index is 12.0. The first-order valence-corrected chi connectivity index (χ1v) is 11.7. The van der Waals surface area contributed by atoms with Crippen molar-refractivity contribution in [3.63, 3.8) is 0 Å². The second-order valence-electron chi connectivity index (χ2n) is 7.85. The Morgan fingerprint density at radius 3 is 2.65 bits per heavy atom. The van der Waals surface area contributed by atoms with Crippen LogP contribution < -0.4 is 15.0 Å². The molecular weight excluding hydrogens is 432 g/mol. The van der Waals surface area contributed by atoms with Crippen LogP contribution in [0.1, 0.15) is 11.1 Å². The number of carbonyl (C=O) groups is 1. The van der Waals surface area contributed by atoms with Gasteiger partial charge in [0.25, 0.3) is 5.91 Å². The van der Waals surface area contributed by atoms with Gasteiger partial charge in [-0.05, 0) is 55.3 Å². The van der Waals surface area contributed by atoms with E-state index in [0.717, 1.165) is 43.4 Å². The number of piperazine rings is 1. The number of hydrogen-bond donors (Lipinski definition) is 1. The van der Waals surface area contributed by atoms with Gasteiger partial charge in [-0.2, -0.15) is 0 Å². The number of amides is 1. The van der Waals surface area contributed by atoms with E-state index in [1.165, 1.54) is 15.8 Å². The number of benzene rings is 2. The first-order chi connectivity index (χ1) is 15.0. The molecule has 1 fully saturated rings. The van der Waals surface area contributed by atoms with Crippen LogP contribution in [0.25, 0.3) is 10.2 Å². The van der Waals surface area contributed by atoms with Gasteiger partial charge in [-0.15, -0.1) is 0 Å². The van der Waals surface area contributed by atoms with E-state index in [0.29, 0.717) is 17.3 Å². The monoisotopic (exact) mass is 458 g/mol. The molecular formula is C23H27ClN4O2S. The van der Waals surface area contributed by atoms with Crippen molar-refractivity contribution in [1.82, 2.24) is 15.2 Å². The predicted molar refractivity (Wildman–Crippen MR) is 128 cm³/mol. The molecule has 1 aliphatic heterocycles. The molecule has 2 aromatic carbocycles. The number of hydrogen-bond acceptors (Lipinski definition) is 6. The van der Waals surface area contributed by atoms with E-state index < -0.39 is 0 Å². The average Bonchev–Trinajstić information content (AvgIpc) is 3.18. The fraction of sp³-hybridized carbons (Fsp3) is 0.391. The fourth-order valence-electron chi connectivity index (χ4n) is 3.75. The summed E-state index contributed by atoms with van der Waals surface area (Å²) >= 11 is 7.63. The van der Waals surface area contributed by atoms with Gasteiger partial charge in [0.05, 0.1) is 10.2 Å². The van der Waals surface area contributed by atoms with Gasteiger partial charge in [-0.1, -0.05) is 29.0 Å². The van der Waals surface area contributed by atoms with Crippen molar-refractivity contribution in [1.29, 1.82) is 0 Å². The first kappa shape index (κ1) is 21.9. The lowest BCUT2D eigenvalue weighted by atomic mass is 10.1. The van der Waals surface area contributed by atoms with Gasteiger partial charge in [-0.3, -0.25) is 9.69 Å². The zero-order valence-electron chi connectivity index (χ0n) is 17.9. The van der Waals surface area contributed by atoms with Crippen LogP contribution in [0.3, 0.4) is 0 Å². The molecule has 164 valence electrons. The third-order valence-corrected chi connectivity index (χ3v) is 6.90. The molecule has 6 nitrogen and oxygen atoms in total. The SMILES string of the molecule is Cc1cc(C)c2sc(N3CCN(CCNC(=O)COc4ccc(Cl)cc4)CC3)nc2c1. The lowest BCUT2D eigenvalue weighted by Crippen LogP contribution is -2.48. The Kier molecular flexibility index (Phi) is 6.95. The van der Waals surface area contributed by atoms with Crippen molar-refractivity contribution in [3.05, 3.63) is 52.5 Å². The molecule has 0 spiro atoms. The van der Waals surface area contributed by atoms with Crippen LogP contribution in [-0.4, -0.2) is 61.7 Å². The minimum absolute atomic E-state index is 0.00586. The summed E-state index contributed by atoms with van der Waals surface area (Å²) in [4.78, 5) is 21.6. The summed E-state index contributed by atoms with van der Waals surface area (Å²) in [6.07, 6.45) is 0. The molecule has 2 heterocycles. The van der Waals surface area contributed by atoms with Crippen LogP contribution in [0.4, 0.5) is 5.13 Å². The van der Waals surface area contributed by atoms with Crippen molar-refractivity contribution in [2.75, 3.05) is 50.8 Å². The van der Waals surface area contributed by atoms with Crippen molar-refractivity contribution >= 4 is 44.2 Å². The Bertz CT molecular complexity index is 1050. The topological polar surface area (TPSA) is 57.7 Å². The highest BCUT2D eigenvalue weighted by Gasteiger charge is 2.20. The number of aryl methyl sites for hydroxylation is 2. The van der Waals surface area contributed by atoms with Gasteiger partial charge in [0.1, 0.15) is 5.75 Å². The highest BCUT2D eigenvalue weighted by atomic mass is 35.5. The number of nitrogens with zero attached hydrogens (tertiary/aromatic N) is 3. The maximum absolute atomic E-state index is 12.0. The summed E-state index contributed by atoms with van der Waals surface area (Å²) < 4.78 is 6.76. The Morgan fingerprint density at radius 2 is 1.90 bits per heavy atom. The third-order valence-electron chi connectivity index (χ3n) is 5.39. The molecule has 0 atom stereocenters. The minimum Gasteiger partial charge on any atom is -0.484 e. The van der Waals surface area contributed by atoms with E-state index in [1.54, 1.807) is 35.6 Å². The Labute approximate surface area is 191 Å². The van der Waals surface area contributed by atoms with E-state index in [-0.39, 0.29) is 12.5 Å². The quantitative estimate of drug-likeness (QED) is 0.582. The van der Waals surface area contributed by atoms with Crippen LogP contribution in [0.15, 0.2) is 36.4 Å². The van der Waals surface area contributed by atoms with Gasteiger partial charge in [0.15, 0.2) is 11.7 Å². The maximum Gasteiger partial charge on any atom is 0.257 e. The average molecular weight is 459 g/mol. The molecule has 0 bridgehead atoms. The standard InChI is InChI=1S/C23H27ClN4O2S/c1-16-13-17(2)22-20(14-16)26-23(31-22)28-11-9-27(10-12-28)8-7-25-21(29)15-30-19-5-3-18(24)4-6-19/h3-6,13-14H,7-12,15H2,1-2H3,(H,25,29). The summed E-state index contributed by atoms with van der Waals surface area (Å²) in [6.45, 7) is 9.55. The summed E-state index contributed by atoms with van der Waals surface area (Å²) in [5.41, 5.74) is 3.66. The van der Waals surface area contributed by atoms with Crippen LogP contribution in [-0.2, 0) is 4.79 Å². The molecule has 4 rings (SSSR count). The van der Waals surface area contributed by atoms with Crippen molar-refractivity contribution < 1.29 is 9.53 Å². The van der Waals surface area contributed by atoms with E-state index in [2.05, 4.69) is 41.1 Å². The summed E-state index contributed by atoms with van der Waals surface area (Å²) in [7, 11) is 0.